The molecule has 0 spiro atoms. The third-order valence-electron chi connectivity index (χ3n) is 3.19. The maximum atomic E-state index is 12.1. The number of sulfonamides is 1. The number of ketones is 1. The number of nitrogens with zero attached hydrogens (tertiary/aromatic N) is 1. The van der Waals surface area contributed by atoms with E-state index in [1.165, 1.54) is 44.4 Å². The van der Waals surface area contributed by atoms with E-state index in [1.807, 2.05) is 6.07 Å². The van der Waals surface area contributed by atoms with E-state index in [9.17, 15) is 13.2 Å². The number of halogens is 1. The molecule has 0 amide bonds. The molecule has 2 rings (SSSR count). The molecule has 2 aromatic carbocycles. The summed E-state index contributed by atoms with van der Waals surface area (Å²) in [5.41, 5.74) is 1.23. The van der Waals surface area contributed by atoms with Gasteiger partial charge in [0.15, 0.2) is 5.78 Å². The van der Waals surface area contributed by atoms with E-state index >= 15 is 0 Å². The lowest BCUT2D eigenvalue weighted by atomic mass is 10.1. The first kappa shape index (κ1) is 17.4. The van der Waals surface area contributed by atoms with Gasteiger partial charge in [0, 0.05) is 24.7 Å². The number of carbonyl (C=O) groups excluding carboxylic acids is 1. The lowest BCUT2D eigenvalue weighted by Crippen LogP contribution is -2.22. The summed E-state index contributed by atoms with van der Waals surface area (Å²) in [5, 5.41) is 0.595. The Morgan fingerprint density at radius 3 is 2.30 bits per heavy atom. The van der Waals surface area contributed by atoms with E-state index in [1.54, 1.807) is 24.3 Å². The second-order valence-electron chi connectivity index (χ2n) is 5.06. The summed E-state index contributed by atoms with van der Waals surface area (Å²) in [6, 6.07) is 13.0. The molecule has 0 saturated heterocycles. The number of carbonyl (C=O) groups is 1. The Morgan fingerprint density at radius 1 is 1.09 bits per heavy atom. The first-order chi connectivity index (χ1) is 10.8. The maximum absolute atomic E-state index is 12.1. The SMILES string of the molecule is CN(C)S(=O)(=O)c1ccc(C(=O)/C=C/c2cccc(Cl)c2)cc1. The van der Waals surface area contributed by atoms with E-state index in [0.717, 1.165) is 9.87 Å². The topological polar surface area (TPSA) is 54.5 Å². The Labute approximate surface area is 141 Å². The number of benzene rings is 2. The van der Waals surface area contributed by atoms with Crippen molar-refractivity contribution in [2.75, 3.05) is 14.1 Å². The van der Waals surface area contributed by atoms with E-state index in [2.05, 4.69) is 0 Å². The zero-order chi connectivity index (χ0) is 17.0. The lowest BCUT2D eigenvalue weighted by Gasteiger charge is -2.11. The molecule has 6 heteroatoms. The molecule has 0 saturated carbocycles. The smallest absolute Gasteiger partial charge is 0.242 e. The third kappa shape index (κ3) is 4.28. The van der Waals surface area contributed by atoms with Gasteiger partial charge in [-0.05, 0) is 48.0 Å². The molecule has 0 bridgehead atoms. The summed E-state index contributed by atoms with van der Waals surface area (Å²) in [6.07, 6.45) is 3.10. The predicted molar refractivity (Wildman–Crippen MR) is 92.1 cm³/mol. The van der Waals surface area contributed by atoms with E-state index in [4.69, 9.17) is 11.6 Å². The molecule has 120 valence electrons. The molecule has 23 heavy (non-hydrogen) atoms. The summed E-state index contributed by atoms with van der Waals surface area (Å²) in [4.78, 5) is 12.3. The molecule has 0 aromatic heterocycles. The molecule has 0 unspecified atom stereocenters. The van der Waals surface area contributed by atoms with Crippen LogP contribution in [-0.4, -0.2) is 32.6 Å². The van der Waals surface area contributed by atoms with Gasteiger partial charge in [0.25, 0.3) is 0 Å². The molecule has 4 nitrogen and oxygen atoms in total. The molecule has 0 aliphatic carbocycles. The predicted octanol–water partition coefficient (Wildman–Crippen LogP) is 3.49. The van der Waals surface area contributed by atoms with Crippen molar-refractivity contribution in [2.24, 2.45) is 0 Å². The van der Waals surface area contributed by atoms with Crippen LogP contribution < -0.4 is 0 Å². The third-order valence-corrected chi connectivity index (χ3v) is 5.26. The average Bonchev–Trinajstić information content (AvgIpc) is 2.52. The Balaban J connectivity index is 2.18. The molecule has 0 atom stereocenters. The summed E-state index contributed by atoms with van der Waals surface area (Å²) in [6.45, 7) is 0. The zero-order valence-electron chi connectivity index (χ0n) is 12.7. The molecule has 2 aromatic rings. The van der Waals surface area contributed by atoms with Gasteiger partial charge in [-0.2, -0.15) is 0 Å². The van der Waals surface area contributed by atoms with Crippen LogP contribution in [0.1, 0.15) is 15.9 Å². The van der Waals surface area contributed by atoms with Crippen molar-refractivity contribution >= 4 is 33.5 Å². The summed E-state index contributed by atoms with van der Waals surface area (Å²) >= 11 is 5.88. The van der Waals surface area contributed by atoms with Crippen molar-refractivity contribution in [2.45, 2.75) is 4.90 Å². The number of hydrogen-bond acceptors (Lipinski definition) is 3. The minimum atomic E-state index is -3.49. The fraction of sp³-hybridized carbons (Fsp3) is 0.118. The highest BCUT2D eigenvalue weighted by atomic mass is 35.5. The Kier molecular flexibility index (Phi) is 5.36. The molecule has 0 radical (unpaired) electrons. The van der Waals surface area contributed by atoms with Gasteiger partial charge in [-0.3, -0.25) is 4.79 Å². The standard InChI is InChI=1S/C17H16ClNO3S/c1-19(2)23(21,22)16-9-7-14(8-10-16)17(20)11-6-13-4-3-5-15(18)12-13/h3-12H,1-2H3/b11-6+. The van der Waals surface area contributed by atoms with Gasteiger partial charge in [0.1, 0.15) is 0 Å². The Bertz CT molecular complexity index is 840. The molecule has 0 fully saturated rings. The first-order valence-electron chi connectivity index (χ1n) is 6.81. The van der Waals surface area contributed by atoms with Crippen LogP contribution in [-0.2, 0) is 10.0 Å². The fourth-order valence-electron chi connectivity index (χ4n) is 1.88. The van der Waals surface area contributed by atoms with Gasteiger partial charge in [-0.15, -0.1) is 0 Å². The number of hydrogen-bond donors (Lipinski definition) is 0. The van der Waals surface area contributed by atoms with Gasteiger partial charge in [0.2, 0.25) is 10.0 Å². The van der Waals surface area contributed by atoms with Crippen molar-refractivity contribution in [3.8, 4) is 0 Å². The number of allylic oxidation sites excluding steroid dienone is 1. The van der Waals surface area contributed by atoms with Gasteiger partial charge in [-0.1, -0.05) is 29.8 Å². The van der Waals surface area contributed by atoms with Crippen LogP contribution in [0.3, 0.4) is 0 Å². The second kappa shape index (κ2) is 7.08. The summed E-state index contributed by atoms with van der Waals surface area (Å²) in [5.74, 6) is -0.209. The van der Waals surface area contributed by atoms with Crippen molar-refractivity contribution in [1.82, 2.24) is 4.31 Å². The average molecular weight is 350 g/mol. The quantitative estimate of drug-likeness (QED) is 0.613. The molecular formula is C17H16ClNO3S. The van der Waals surface area contributed by atoms with E-state index in [-0.39, 0.29) is 10.7 Å². The second-order valence-corrected chi connectivity index (χ2v) is 7.65. The van der Waals surface area contributed by atoms with Crippen molar-refractivity contribution in [3.63, 3.8) is 0 Å². The van der Waals surface area contributed by atoms with Crippen LogP contribution in [0.15, 0.2) is 59.5 Å². The lowest BCUT2D eigenvalue weighted by molar-refractivity contribution is 0.104. The maximum Gasteiger partial charge on any atom is 0.242 e. The van der Waals surface area contributed by atoms with Gasteiger partial charge in [-0.25, -0.2) is 12.7 Å². The number of rotatable bonds is 5. The molecule has 0 N–H and O–H groups in total. The highest BCUT2D eigenvalue weighted by molar-refractivity contribution is 7.89. The van der Waals surface area contributed by atoms with E-state index in [0.29, 0.717) is 10.6 Å². The van der Waals surface area contributed by atoms with Gasteiger partial charge < -0.3 is 0 Å². The largest absolute Gasteiger partial charge is 0.289 e. The summed E-state index contributed by atoms with van der Waals surface area (Å²) in [7, 11) is -0.569. The van der Waals surface area contributed by atoms with Gasteiger partial charge >= 0.3 is 0 Å². The van der Waals surface area contributed by atoms with Crippen LogP contribution >= 0.6 is 11.6 Å². The minimum Gasteiger partial charge on any atom is -0.289 e. The van der Waals surface area contributed by atoms with Crippen molar-refractivity contribution in [1.29, 1.82) is 0 Å². The monoisotopic (exact) mass is 349 g/mol. The van der Waals surface area contributed by atoms with Crippen molar-refractivity contribution in [3.05, 3.63) is 70.8 Å². The minimum absolute atomic E-state index is 0.151. The van der Waals surface area contributed by atoms with Gasteiger partial charge in [0.05, 0.1) is 4.90 Å². The van der Waals surface area contributed by atoms with Crippen LogP contribution in [0.25, 0.3) is 6.08 Å². The van der Waals surface area contributed by atoms with Crippen LogP contribution in [0.2, 0.25) is 5.02 Å². The highest BCUT2D eigenvalue weighted by Gasteiger charge is 2.17. The molecule has 0 aliphatic heterocycles. The highest BCUT2D eigenvalue weighted by Crippen LogP contribution is 2.16. The first-order valence-corrected chi connectivity index (χ1v) is 8.63. The van der Waals surface area contributed by atoms with Crippen LogP contribution in [0.4, 0.5) is 0 Å². The molecule has 0 aliphatic rings. The van der Waals surface area contributed by atoms with Crippen molar-refractivity contribution < 1.29 is 13.2 Å². The Hall–Kier alpha value is -1.95. The fourth-order valence-corrected chi connectivity index (χ4v) is 2.98. The van der Waals surface area contributed by atoms with Crippen LogP contribution in [0, 0.1) is 0 Å². The molecule has 0 heterocycles. The Morgan fingerprint density at radius 2 is 1.74 bits per heavy atom. The zero-order valence-corrected chi connectivity index (χ0v) is 14.3. The molecular weight excluding hydrogens is 334 g/mol. The normalized spacial score (nSPS) is 12.0. The summed E-state index contributed by atoms with van der Waals surface area (Å²) < 4.78 is 25.1. The van der Waals surface area contributed by atoms with E-state index < -0.39 is 10.0 Å². The van der Waals surface area contributed by atoms with Crippen LogP contribution in [0.5, 0.6) is 0 Å².